The van der Waals surface area contributed by atoms with E-state index in [2.05, 4.69) is 20.6 Å². The largest absolute Gasteiger partial charge is 0.479 e. The van der Waals surface area contributed by atoms with Crippen molar-refractivity contribution in [3.63, 3.8) is 0 Å². The molecule has 1 aliphatic heterocycles. The molecule has 152 valence electrons. The van der Waals surface area contributed by atoms with Crippen LogP contribution in [-0.4, -0.2) is 22.0 Å². The van der Waals surface area contributed by atoms with Gasteiger partial charge in [0.15, 0.2) is 6.10 Å². The molecule has 1 aliphatic rings. The zero-order valence-corrected chi connectivity index (χ0v) is 17.8. The first-order valence-corrected chi connectivity index (χ1v) is 11.2. The van der Waals surface area contributed by atoms with Gasteiger partial charge in [-0.25, -0.2) is 4.98 Å². The number of fused-ring (bicyclic) bond motifs is 2. The summed E-state index contributed by atoms with van der Waals surface area (Å²) in [5.74, 6) is 1.01. The predicted octanol–water partition coefficient (Wildman–Crippen LogP) is 4.61. The van der Waals surface area contributed by atoms with E-state index in [0.717, 1.165) is 16.1 Å². The van der Waals surface area contributed by atoms with Gasteiger partial charge >= 0.3 is 0 Å². The topological polar surface area (TPSA) is 96.1 Å². The molecule has 0 bridgehead atoms. The summed E-state index contributed by atoms with van der Waals surface area (Å²) in [6, 6.07) is 9.22. The highest BCUT2D eigenvalue weighted by Gasteiger charge is 2.24. The normalized spacial score (nSPS) is 16.6. The average Bonchev–Trinajstić information content (AvgIpc) is 3.38. The third-order valence-electron chi connectivity index (χ3n) is 4.95. The molecule has 5 rings (SSSR count). The molecule has 0 radical (unpaired) electrons. The van der Waals surface area contributed by atoms with Gasteiger partial charge in [0.1, 0.15) is 16.4 Å². The van der Waals surface area contributed by atoms with Gasteiger partial charge in [-0.15, -0.1) is 22.7 Å². The van der Waals surface area contributed by atoms with Crippen molar-refractivity contribution in [3.05, 3.63) is 57.3 Å². The minimum absolute atomic E-state index is 0.145. The van der Waals surface area contributed by atoms with Gasteiger partial charge in [-0.05, 0) is 43.5 Å². The molecule has 7 nitrogen and oxygen atoms in total. The third kappa shape index (κ3) is 3.25. The lowest BCUT2D eigenvalue weighted by Gasteiger charge is -2.24. The van der Waals surface area contributed by atoms with Crippen LogP contribution in [0, 0.1) is 0 Å². The highest BCUT2D eigenvalue weighted by Crippen LogP contribution is 2.35. The number of aromatic amines is 1. The zero-order valence-electron chi connectivity index (χ0n) is 16.2. The Kier molecular flexibility index (Phi) is 4.56. The molecule has 0 aliphatic carbocycles. The quantitative estimate of drug-likeness (QED) is 0.433. The number of rotatable bonds is 4. The van der Waals surface area contributed by atoms with E-state index in [0.29, 0.717) is 27.5 Å². The number of benzene rings is 1. The van der Waals surface area contributed by atoms with Crippen molar-refractivity contribution in [1.82, 2.24) is 9.97 Å². The molecule has 2 atom stereocenters. The lowest BCUT2D eigenvalue weighted by atomic mass is 10.2. The van der Waals surface area contributed by atoms with Crippen LogP contribution >= 0.6 is 22.7 Å². The van der Waals surface area contributed by atoms with Gasteiger partial charge in [0.2, 0.25) is 0 Å². The minimum Gasteiger partial charge on any atom is -0.479 e. The molecule has 30 heavy (non-hydrogen) atoms. The minimum atomic E-state index is -0.513. The highest BCUT2D eigenvalue weighted by molar-refractivity contribution is 7.18. The average molecular weight is 439 g/mol. The summed E-state index contributed by atoms with van der Waals surface area (Å²) in [6.07, 6.45) is -0.513. The predicted molar refractivity (Wildman–Crippen MR) is 121 cm³/mol. The van der Waals surface area contributed by atoms with E-state index in [4.69, 9.17) is 4.74 Å². The fourth-order valence-electron chi connectivity index (χ4n) is 3.40. The summed E-state index contributed by atoms with van der Waals surface area (Å²) < 4.78 is 5.59. The number of carbonyl (C=O) groups is 1. The zero-order chi connectivity index (χ0) is 20.8. The number of carbonyl (C=O) groups excluding carboxylic acids is 1. The highest BCUT2D eigenvalue weighted by atomic mass is 32.1. The molecule has 4 aromatic rings. The number of H-pyrrole nitrogens is 1. The number of anilines is 2. The molecule has 0 unspecified atom stereocenters. The summed E-state index contributed by atoms with van der Waals surface area (Å²) in [7, 11) is 0. The Hall–Kier alpha value is -3.17. The second-order valence-electron chi connectivity index (χ2n) is 7.08. The molecule has 9 heteroatoms. The number of hydrogen-bond donors (Lipinski definition) is 3. The van der Waals surface area contributed by atoms with E-state index in [1.165, 1.54) is 11.3 Å². The Morgan fingerprint density at radius 3 is 2.90 bits per heavy atom. The van der Waals surface area contributed by atoms with Crippen molar-refractivity contribution in [1.29, 1.82) is 0 Å². The maximum Gasteiger partial charge on any atom is 0.265 e. The van der Waals surface area contributed by atoms with Crippen LogP contribution in [0.1, 0.15) is 25.7 Å². The van der Waals surface area contributed by atoms with Gasteiger partial charge in [0.25, 0.3) is 11.5 Å². The van der Waals surface area contributed by atoms with Gasteiger partial charge in [-0.1, -0.05) is 6.07 Å². The molecular formula is C21H18N4O3S2. The van der Waals surface area contributed by atoms with Gasteiger partial charge in [-0.2, -0.15) is 0 Å². The lowest BCUT2D eigenvalue weighted by molar-refractivity contribution is -0.122. The number of nitrogens with one attached hydrogen (secondary N) is 3. The summed E-state index contributed by atoms with van der Waals surface area (Å²) in [4.78, 5) is 34.0. The number of amides is 1. The second kappa shape index (κ2) is 7.26. The second-order valence-corrected chi connectivity index (χ2v) is 8.89. The molecule has 1 amide bonds. The van der Waals surface area contributed by atoms with Crippen LogP contribution in [0.25, 0.3) is 20.7 Å². The smallest absolute Gasteiger partial charge is 0.265 e. The lowest BCUT2D eigenvalue weighted by Crippen LogP contribution is -2.34. The van der Waals surface area contributed by atoms with Crippen LogP contribution in [0.2, 0.25) is 0 Å². The molecular weight excluding hydrogens is 420 g/mol. The van der Waals surface area contributed by atoms with E-state index in [1.807, 2.05) is 48.0 Å². The summed E-state index contributed by atoms with van der Waals surface area (Å²) in [6.45, 7) is 3.63. The van der Waals surface area contributed by atoms with Crippen LogP contribution in [0.3, 0.4) is 0 Å². The third-order valence-corrected chi connectivity index (χ3v) is 6.73. The molecule has 0 saturated heterocycles. The summed E-state index contributed by atoms with van der Waals surface area (Å²) >= 11 is 3.07. The van der Waals surface area contributed by atoms with Crippen molar-refractivity contribution in [2.45, 2.75) is 26.0 Å². The number of thiophene rings is 2. The SMILES string of the molecule is C[C@@H]1Oc2ccc(N[C@H](C)c3nc4scc(-c5cccs5)c4c(=O)[nH]3)cc2NC1=O. The van der Waals surface area contributed by atoms with E-state index in [9.17, 15) is 9.59 Å². The molecule has 1 aromatic carbocycles. The van der Waals surface area contributed by atoms with Crippen LogP contribution in [0.5, 0.6) is 5.75 Å². The number of nitrogens with zero attached hydrogens (tertiary/aromatic N) is 1. The van der Waals surface area contributed by atoms with Crippen molar-refractivity contribution < 1.29 is 9.53 Å². The van der Waals surface area contributed by atoms with E-state index in [-0.39, 0.29) is 17.5 Å². The molecule has 3 aromatic heterocycles. The first kappa shape index (κ1) is 18.8. The molecule has 0 saturated carbocycles. The molecule has 3 N–H and O–H groups in total. The van der Waals surface area contributed by atoms with Crippen LogP contribution in [-0.2, 0) is 4.79 Å². The van der Waals surface area contributed by atoms with Crippen molar-refractivity contribution in [2.24, 2.45) is 0 Å². The summed E-state index contributed by atoms with van der Waals surface area (Å²) in [5.41, 5.74) is 2.18. The first-order valence-electron chi connectivity index (χ1n) is 9.43. The Morgan fingerprint density at radius 1 is 1.23 bits per heavy atom. The standard InChI is InChI=1S/C21H18N4O3S2/c1-10(22-12-5-6-15-14(8-12)23-19(26)11(2)28-15)18-24-20(27)17-13(9-30-21(17)25-18)16-4-3-7-29-16/h3-11,22H,1-2H3,(H,23,26)(H,24,25,27)/t10-,11+/m1/s1. The van der Waals surface area contributed by atoms with Crippen molar-refractivity contribution in [2.75, 3.05) is 10.6 Å². The van der Waals surface area contributed by atoms with Gasteiger partial charge in [-0.3, -0.25) is 9.59 Å². The molecule has 0 fully saturated rings. The van der Waals surface area contributed by atoms with E-state index >= 15 is 0 Å². The Morgan fingerprint density at radius 2 is 2.10 bits per heavy atom. The number of ether oxygens (including phenoxy) is 1. The van der Waals surface area contributed by atoms with Gasteiger partial charge in [0.05, 0.1) is 17.1 Å². The maximum atomic E-state index is 12.8. The monoisotopic (exact) mass is 438 g/mol. The molecule has 0 spiro atoms. The number of aromatic nitrogens is 2. The Labute approximate surface area is 179 Å². The Balaban J connectivity index is 1.43. The van der Waals surface area contributed by atoms with Gasteiger partial charge < -0.3 is 20.4 Å². The summed E-state index contributed by atoms with van der Waals surface area (Å²) in [5, 5.41) is 10.8. The van der Waals surface area contributed by atoms with E-state index < -0.39 is 6.10 Å². The van der Waals surface area contributed by atoms with Crippen LogP contribution < -0.4 is 20.9 Å². The maximum absolute atomic E-state index is 12.8. The number of hydrogen-bond acceptors (Lipinski definition) is 7. The van der Waals surface area contributed by atoms with Gasteiger partial charge in [0, 0.05) is 21.5 Å². The Bertz CT molecular complexity index is 1310. The van der Waals surface area contributed by atoms with E-state index in [1.54, 1.807) is 18.3 Å². The first-order chi connectivity index (χ1) is 14.5. The van der Waals surface area contributed by atoms with Crippen LogP contribution in [0.4, 0.5) is 11.4 Å². The molecule has 4 heterocycles. The fraction of sp³-hybridized carbons (Fsp3) is 0.190. The fourth-order valence-corrected chi connectivity index (χ4v) is 5.17. The van der Waals surface area contributed by atoms with Crippen molar-refractivity contribution >= 4 is 50.2 Å². The van der Waals surface area contributed by atoms with Crippen LogP contribution in [0.15, 0.2) is 45.9 Å². The van der Waals surface area contributed by atoms with Crippen molar-refractivity contribution in [3.8, 4) is 16.2 Å².